The fourth-order valence-corrected chi connectivity index (χ4v) is 2.33. The summed E-state index contributed by atoms with van der Waals surface area (Å²) in [5.41, 5.74) is 2.29. The van der Waals surface area contributed by atoms with Crippen LogP contribution in [-0.2, 0) is 0 Å². The Morgan fingerprint density at radius 3 is 2.43 bits per heavy atom. The van der Waals surface area contributed by atoms with Gasteiger partial charge in [-0.25, -0.2) is 0 Å². The van der Waals surface area contributed by atoms with Crippen molar-refractivity contribution in [1.82, 2.24) is 0 Å². The normalized spacial score (nSPS) is 10.9. The van der Waals surface area contributed by atoms with Gasteiger partial charge in [-0.3, -0.25) is 0 Å². The largest absolute Gasteiger partial charge is 0.493 e. The molecule has 0 unspecified atom stereocenters. The standard InChI is InChI=1S/C17H14BrNO2/c1-20-16-8-7-12(10-17(16)21-2)14(11-19)9-13-5-3-4-6-15(13)18/h3-10H,1-2H3. The van der Waals surface area contributed by atoms with Crippen LogP contribution in [0.2, 0.25) is 0 Å². The number of hydrogen-bond acceptors (Lipinski definition) is 3. The molecule has 0 aliphatic rings. The third-order valence-electron chi connectivity index (χ3n) is 3.02. The summed E-state index contributed by atoms with van der Waals surface area (Å²) >= 11 is 3.48. The zero-order valence-corrected chi connectivity index (χ0v) is 13.3. The molecule has 0 radical (unpaired) electrons. The van der Waals surface area contributed by atoms with Crippen LogP contribution in [0.5, 0.6) is 11.5 Å². The lowest BCUT2D eigenvalue weighted by atomic mass is 10.0. The maximum Gasteiger partial charge on any atom is 0.161 e. The van der Waals surface area contributed by atoms with Gasteiger partial charge in [0.1, 0.15) is 0 Å². The van der Waals surface area contributed by atoms with E-state index >= 15 is 0 Å². The van der Waals surface area contributed by atoms with Gasteiger partial charge in [0.25, 0.3) is 0 Å². The minimum Gasteiger partial charge on any atom is -0.493 e. The van der Waals surface area contributed by atoms with Crippen LogP contribution in [0.4, 0.5) is 0 Å². The Morgan fingerprint density at radius 2 is 1.81 bits per heavy atom. The zero-order valence-electron chi connectivity index (χ0n) is 11.8. The van der Waals surface area contributed by atoms with Crippen LogP contribution in [0, 0.1) is 11.3 Å². The van der Waals surface area contributed by atoms with Gasteiger partial charge in [-0.15, -0.1) is 0 Å². The van der Waals surface area contributed by atoms with E-state index in [1.54, 1.807) is 26.4 Å². The molecule has 0 bridgehead atoms. The number of nitrogens with zero attached hydrogens (tertiary/aromatic N) is 1. The first-order chi connectivity index (χ1) is 10.2. The fraction of sp³-hybridized carbons (Fsp3) is 0.118. The molecular weight excluding hydrogens is 330 g/mol. The highest BCUT2D eigenvalue weighted by molar-refractivity contribution is 9.10. The van der Waals surface area contributed by atoms with Crippen LogP contribution in [0.1, 0.15) is 11.1 Å². The third kappa shape index (κ3) is 3.45. The molecule has 2 aromatic rings. The molecule has 0 heterocycles. The van der Waals surface area contributed by atoms with E-state index < -0.39 is 0 Å². The first kappa shape index (κ1) is 15.1. The zero-order chi connectivity index (χ0) is 15.2. The van der Waals surface area contributed by atoms with Crippen LogP contribution in [0.15, 0.2) is 46.9 Å². The minimum atomic E-state index is 0.558. The van der Waals surface area contributed by atoms with Crippen molar-refractivity contribution in [1.29, 1.82) is 5.26 Å². The lowest BCUT2D eigenvalue weighted by Crippen LogP contribution is -1.92. The Labute approximate surface area is 132 Å². The van der Waals surface area contributed by atoms with Gasteiger partial charge in [0.15, 0.2) is 11.5 Å². The Bertz CT molecular complexity index is 717. The summed E-state index contributed by atoms with van der Waals surface area (Å²) in [6.45, 7) is 0. The topological polar surface area (TPSA) is 42.2 Å². The van der Waals surface area contributed by atoms with E-state index in [1.807, 2.05) is 36.4 Å². The van der Waals surface area contributed by atoms with Crippen molar-refractivity contribution in [3.63, 3.8) is 0 Å². The predicted molar refractivity (Wildman–Crippen MR) is 87.2 cm³/mol. The van der Waals surface area contributed by atoms with Crippen LogP contribution >= 0.6 is 15.9 Å². The van der Waals surface area contributed by atoms with Crippen LogP contribution in [0.3, 0.4) is 0 Å². The van der Waals surface area contributed by atoms with Gasteiger partial charge < -0.3 is 9.47 Å². The van der Waals surface area contributed by atoms with Crippen molar-refractivity contribution in [3.8, 4) is 17.6 Å². The molecule has 2 aromatic carbocycles. The van der Waals surface area contributed by atoms with Crippen molar-refractivity contribution < 1.29 is 9.47 Å². The van der Waals surface area contributed by atoms with E-state index in [9.17, 15) is 5.26 Å². The highest BCUT2D eigenvalue weighted by atomic mass is 79.9. The Balaban J connectivity index is 2.48. The molecule has 0 saturated heterocycles. The maximum atomic E-state index is 9.42. The molecule has 0 fully saturated rings. The Kier molecular flexibility index (Phi) is 5.02. The summed E-state index contributed by atoms with van der Waals surface area (Å²) in [6.07, 6.45) is 1.84. The maximum absolute atomic E-state index is 9.42. The molecule has 0 saturated carbocycles. The minimum absolute atomic E-state index is 0.558. The van der Waals surface area contributed by atoms with Gasteiger partial charge in [0.05, 0.1) is 25.9 Å². The molecule has 0 spiro atoms. The number of halogens is 1. The molecule has 0 aromatic heterocycles. The third-order valence-corrected chi connectivity index (χ3v) is 3.74. The summed E-state index contributed by atoms with van der Waals surface area (Å²) in [5, 5.41) is 9.42. The average Bonchev–Trinajstić information content (AvgIpc) is 2.53. The number of benzene rings is 2. The first-order valence-corrected chi connectivity index (χ1v) is 7.07. The van der Waals surface area contributed by atoms with Crippen molar-refractivity contribution in [2.24, 2.45) is 0 Å². The summed E-state index contributed by atoms with van der Waals surface area (Å²) in [5.74, 6) is 1.24. The highest BCUT2D eigenvalue weighted by Gasteiger charge is 2.08. The Hall–Kier alpha value is -2.25. The van der Waals surface area contributed by atoms with E-state index in [-0.39, 0.29) is 0 Å². The van der Waals surface area contributed by atoms with Crippen molar-refractivity contribution in [3.05, 3.63) is 58.1 Å². The quantitative estimate of drug-likeness (QED) is 0.604. The Morgan fingerprint density at radius 1 is 1.10 bits per heavy atom. The summed E-state index contributed by atoms with van der Waals surface area (Å²) in [4.78, 5) is 0. The van der Waals surface area contributed by atoms with E-state index in [2.05, 4.69) is 22.0 Å². The summed E-state index contributed by atoms with van der Waals surface area (Å²) < 4.78 is 11.4. The van der Waals surface area contributed by atoms with Gasteiger partial charge in [-0.1, -0.05) is 34.1 Å². The van der Waals surface area contributed by atoms with E-state index in [0.29, 0.717) is 17.1 Å². The van der Waals surface area contributed by atoms with Crippen LogP contribution < -0.4 is 9.47 Å². The molecule has 2 rings (SSSR count). The van der Waals surface area contributed by atoms with Gasteiger partial charge in [-0.2, -0.15) is 5.26 Å². The molecule has 4 heteroatoms. The fourth-order valence-electron chi connectivity index (χ4n) is 1.93. The molecule has 0 amide bonds. The SMILES string of the molecule is COc1ccc(C(C#N)=Cc2ccccc2Br)cc1OC. The number of allylic oxidation sites excluding steroid dienone is 1. The predicted octanol–water partition coefficient (Wildman–Crippen LogP) is 4.53. The monoisotopic (exact) mass is 343 g/mol. The number of ether oxygens (including phenoxy) is 2. The van der Waals surface area contributed by atoms with E-state index in [4.69, 9.17) is 9.47 Å². The molecule has 3 nitrogen and oxygen atoms in total. The van der Waals surface area contributed by atoms with Gasteiger partial charge in [0, 0.05) is 4.47 Å². The summed E-state index contributed by atoms with van der Waals surface area (Å²) in [6, 6.07) is 15.4. The second-order valence-electron chi connectivity index (χ2n) is 4.26. The molecule has 21 heavy (non-hydrogen) atoms. The molecule has 106 valence electrons. The van der Waals surface area contributed by atoms with Gasteiger partial charge in [0.2, 0.25) is 0 Å². The molecule has 0 atom stereocenters. The first-order valence-electron chi connectivity index (χ1n) is 6.28. The molecule has 0 aliphatic carbocycles. The smallest absolute Gasteiger partial charge is 0.161 e. The van der Waals surface area contributed by atoms with Crippen LogP contribution in [-0.4, -0.2) is 14.2 Å². The highest BCUT2D eigenvalue weighted by Crippen LogP contribution is 2.31. The lowest BCUT2D eigenvalue weighted by molar-refractivity contribution is 0.355. The average molecular weight is 344 g/mol. The van der Waals surface area contributed by atoms with E-state index in [1.165, 1.54) is 0 Å². The second kappa shape index (κ2) is 6.96. The van der Waals surface area contributed by atoms with E-state index in [0.717, 1.165) is 15.6 Å². The second-order valence-corrected chi connectivity index (χ2v) is 5.12. The van der Waals surface area contributed by atoms with Gasteiger partial charge in [-0.05, 0) is 41.5 Å². The number of nitriles is 1. The molecular formula is C17H14BrNO2. The number of rotatable bonds is 4. The van der Waals surface area contributed by atoms with Gasteiger partial charge >= 0.3 is 0 Å². The van der Waals surface area contributed by atoms with Crippen molar-refractivity contribution in [2.45, 2.75) is 0 Å². The molecule has 0 aliphatic heterocycles. The molecule has 0 N–H and O–H groups in total. The lowest BCUT2D eigenvalue weighted by Gasteiger charge is -2.09. The van der Waals surface area contributed by atoms with Crippen molar-refractivity contribution >= 4 is 27.6 Å². The number of hydrogen-bond donors (Lipinski definition) is 0. The summed E-state index contributed by atoms with van der Waals surface area (Å²) in [7, 11) is 3.16. The number of methoxy groups -OCH3 is 2. The van der Waals surface area contributed by atoms with Crippen molar-refractivity contribution in [2.75, 3.05) is 14.2 Å². The van der Waals surface area contributed by atoms with Crippen LogP contribution in [0.25, 0.3) is 11.6 Å².